The van der Waals surface area contributed by atoms with Crippen LogP contribution in [0, 0.1) is 0 Å². The van der Waals surface area contributed by atoms with Gasteiger partial charge in [0.05, 0.1) is 0 Å². The second kappa shape index (κ2) is 5.67. The number of rotatable bonds is 4. The molecular formula is C14H16ClNS. The number of hydrogen-bond donors (Lipinski definition) is 1. The summed E-state index contributed by atoms with van der Waals surface area (Å²) in [7, 11) is 0. The van der Waals surface area contributed by atoms with Gasteiger partial charge < -0.3 is 5.73 Å². The minimum Gasteiger partial charge on any atom is -0.324 e. The largest absolute Gasteiger partial charge is 0.324 e. The van der Waals surface area contributed by atoms with Crippen molar-refractivity contribution in [1.82, 2.24) is 0 Å². The minimum atomic E-state index is -0.0212. The monoisotopic (exact) mass is 265 g/mol. The Bertz CT molecular complexity index is 492. The van der Waals surface area contributed by atoms with E-state index in [-0.39, 0.29) is 6.04 Å². The lowest BCUT2D eigenvalue weighted by Crippen LogP contribution is -2.13. The van der Waals surface area contributed by atoms with E-state index in [0.29, 0.717) is 0 Å². The van der Waals surface area contributed by atoms with E-state index in [9.17, 15) is 0 Å². The summed E-state index contributed by atoms with van der Waals surface area (Å²) in [5, 5.41) is 0.757. The molecule has 0 radical (unpaired) electrons. The van der Waals surface area contributed by atoms with Crippen LogP contribution in [0.15, 0.2) is 36.4 Å². The molecule has 17 heavy (non-hydrogen) atoms. The molecule has 0 fully saturated rings. The fraction of sp³-hybridized carbons (Fsp3) is 0.286. The summed E-state index contributed by atoms with van der Waals surface area (Å²) in [6.45, 7) is 2.17. The van der Waals surface area contributed by atoms with Crippen molar-refractivity contribution >= 4 is 22.9 Å². The molecule has 2 rings (SSSR count). The zero-order valence-corrected chi connectivity index (χ0v) is 11.4. The van der Waals surface area contributed by atoms with E-state index < -0.39 is 0 Å². The van der Waals surface area contributed by atoms with Gasteiger partial charge in [0, 0.05) is 27.2 Å². The highest BCUT2D eigenvalue weighted by molar-refractivity contribution is 7.11. The topological polar surface area (TPSA) is 26.0 Å². The summed E-state index contributed by atoms with van der Waals surface area (Å²) in [5.74, 6) is 0. The van der Waals surface area contributed by atoms with Crippen molar-refractivity contribution < 1.29 is 0 Å². The molecule has 0 bridgehead atoms. The van der Waals surface area contributed by atoms with Crippen molar-refractivity contribution in [2.24, 2.45) is 5.73 Å². The predicted molar refractivity (Wildman–Crippen MR) is 75.8 cm³/mol. The molecule has 0 aliphatic carbocycles. The van der Waals surface area contributed by atoms with E-state index in [0.717, 1.165) is 23.4 Å². The fourth-order valence-corrected chi connectivity index (χ4v) is 3.12. The third kappa shape index (κ3) is 3.09. The van der Waals surface area contributed by atoms with Crippen molar-refractivity contribution in [2.75, 3.05) is 0 Å². The van der Waals surface area contributed by atoms with E-state index in [2.05, 4.69) is 19.1 Å². The van der Waals surface area contributed by atoms with Gasteiger partial charge in [0.25, 0.3) is 0 Å². The van der Waals surface area contributed by atoms with E-state index in [1.807, 2.05) is 35.6 Å². The predicted octanol–water partition coefficient (Wildman–Crippen LogP) is 4.21. The second-order valence-corrected chi connectivity index (χ2v) is 5.71. The maximum Gasteiger partial charge on any atom is 0.0453 e. The first kappa shape index (κ1) is 12.6. The van der Waals surface area contributed by atoms with Crippen LogP contribution in [-0.2, 0) is 12.8 Å². The fourth-order valence-electron chi connectivity index (χ4n) is 1.82. The Morgan fingerprint density at radius 3 is 2.53 bits per heavy atom. The third-order valence-electron chi connectivity index (χ3n) is 2.79. The number of hydrogen-bond acceptors (Lipinski definition) is 2. The van der Waals surface area contributed by atoms with E-state index in [1.165, 1.54) is 9.75 Å². The SMILES string of the molecule is CCc1ccc(CC(N)c2ccccc2Cl)s1. The molecule has 0 saturated heterocycles. The van der Waals surface area contributed by atoms with Crippen LogP contribution in [0.25, 0.3) is 0 Å². The van der Waals surface area contributed by atoms with Gasteiger partial charge in [-0.1, -0.05) is 36.7 Å². The number of aryl methyl sites for hydroxylation is 1. The lowest BCUT2D eigenvalue weighted by molar-refractivity contribution is 0.730. The van der Waals surface area contributed by atoms with Gasteiger partial charge in [-0.3, -0.25) is 0 Å². The highest BCUT2D eigenvalue weighted by Crippen LogP contribution is 2.26. The molecule has 0 amide bonds. The van der Waals surface area contributed by atoms with E-state index >= 15 is 0 Å². The van der Waals surface area contributed by atoms with Gasteiger partial charge in [0.15, 0.2) is 0 Å². The number of thiophene rings is 1. The van der Waals surface area contributed by atoms with Crippen LogP contribution in [0.1, 0.15) is 28.3 Å². The molecule has 3 heteroatoms. The molecular weight excluding hydrogens is 250 g/mol. The lowest BCUT2D eigenvalue weighted by atomic mass is 10.0. The molecule has 2 aromatic rings. The van der Waals surface area contributed by atoms with Crippen molar-refractivity contribution in [3.05, 3.63) is 56.7 Å². The van der Waals surface area contributed by atoms with Gasteiger partial charge in [-0.15, -0.1) is 11.3 Å². The van der Waals surface area contributed by atoms with Crippen LogP contribution in [0.5, 0.6) is 0 Å². The van der Waals surface area contributed by atoms with Gasteiger partial charge in [0.1, 0.15) is 0 Å². The molecule has 0 saturated carbocycles. The van der Waals surface area contributed by atoms with Crippen molar-refractivity contribution in [2.45, 2.75) is 25.8 Å². The Morgan fingerprint density at radius 2 is 1.88 bits per heavy atom. The average molecular weight is 266 g/mol. The van der Waals surface area contributed by atoms with Crippen LogP contribution in [-0.4, -0.2) is 0 Å². The van der Waals surface area contributed by atoms with Crippen molar-refractivity contribution in [3.8, 4) is 0 Å². The number of benzene rings is 1. The van der Waals surface area contributed by atoms with Gasteiger partial charge in [0.2, 0.25) is 0 Å². The van der Waals surface area contributed by atoms with Gasteiger partial charge in [-0.25, -0.2) is 0 Å². The summed E-state index contributed by atoms with van der Waals surface area (Å²) < 4.78 is 0. The molecule has 1 atom stereocenters. The second-order valence-electron chi connectivity index (χ2n) is 4.05. The molecule has 1 heterocycles. The maximum atomic E-state index is 6.20. The number of halogens is 1. The first-order valence-electron chi connectivity index (χ1n) is 5.78. The summed E-state index contributed by atoms with van der Waals surface area (Å²) >= 11 is 7.98. The van der Waals surface area contributed by atoms with Crippen molar-refractivity contribution in [3.63, 3.8) is 0 Å². The molecule has 0 aliphatic rings. The first-order valence-corrected chi connectivity index (χ1v) is 6.97. The Hall–Kier alpha value is -0.830. The minimum absolute atomic E-state index is 0.0212. The lowest BCUT2D eigenvalue weighted by Gasteiger charge is -2.12. The van der Waals surface area contributed by atoms with E-state index in [1.54, 1.807) is 0 Å². The molecule has 0 aliphatic heterocycles. The molecule has 2 N–H and O–H groups in total. The Balaban J connectivity index is 2.11. The zero-order valence-electron chi connectivity index (χ0n) is 9.82. The average Bonchev–Trinajstić information content (AvgIpc) is 2.77. The highest BCUT2D eigenvalue weighted by atomic mass is 35.5. The van der Waals surface area contributed by atoms with Gasteiger partial charge in [-0.2, -0.15) is 0 Å². The zero-order chi connectivity index (χ0) is 12.3. The normalized spacial score (nSPS) is 12.6. The summed E-state index contributed by atoms with van der Waals surface area (Å²) in [5.41, 5.74) is 7.23. The summed E-state index contributed by atoms with van der Waals surface area (Å²) in [4.78, 5) is 2.74. The van der Waals surface area contributed by atoms with Gasteiger partial charge >= 0.3 is 0 Å². The number of nitrogens with two attached hydrogens (primary N) is 1. The van der Waals surface area contributed by atoms with Crippen LogP contribution in [0.4, 0.5) is 0 Å². The molecule has 1 nitrogen and oxygen atoms in total. The quantitative estimate of drug-likeness (QED) is 0.881. The van der Waals surface area contributed by atoms with Crippen LogP contribution in [0.3, 0.4) is 0 Å². The summed E-state index contributed by atoms with van der Waals surface area (Å²) in [6.07, 6.45) is 1.94. The Labute approximate surface area is 111 Å². The molecule has 1 aromatic carbocycles. The smallest absolute Gasteiger partial charge is 0.0453 e. The molecule has 0 spiro atoms. The standard InChI is InChI=1S/C14H16ClNS/c1-2-10-7-8-11(17-10)9-14(16)12-5-3-4-6-13(12)15/h3-8,14H,2,9,16H2,1H3. The van der Waals surface area contributed by atoms with Crippen LogP contribution < -0.4 is 5.73 Å². The third-order valence-corrected chi connectivity index (χ3v) is 4.39. The van der Waals surface area contributed by atoms with E-state index in [4.69, 9.17) is 17.3 Å². The molecule has 1 unspecified atom stereocenters. The first-order chi connectivity index (χ1) is 8.20. The van der Waals surface area contributed by atoms with Gasteiger partial charge in [-0.05, 0) is 30.2 Å². The highest BCUT2D eigenvalue weighted by Gasteiger charge is 2.11. The summed E-state index contributed by atoms with van der Waals surface area (Å²) in [6, 6.07) is 12.1. The van der Waals surface area contributed by atoms with Crippen LogP contribution >= 0.6 is 22.9 Å². The van der Waals surface area contributed by atoms with Crippen molar-refractivity contribution in [1.29, 1.82) is 0 Å². The van der Waals surface area contributed by atoms with Crippen LogP contribution in [0.2, 0.25) is 5.02 Å². The Morgan fingerprint density at radius 1 is 1.18 bits per heavy atom. The Kier molecular flexibility index (Phi) is 4.21. The molecule has 1 aromatic heterocycles. The molecule has 90 valence electrons. The maximum absolute atomic E-state index is 6.20.